The number of nitrogens with zero attached hydrogens (tertiary/aromatic N) is 6. The van der Waals surface area contributed by atoms with E-state index in [0.29, 0.717) is 41.9 Å². The molecule has 0 spiro atoms. The Morgan fingerprint density at radius 3 is 2.78 bits per heavy atom. The number of sulfone groups is 1. The molecule has 4 aromatic heterocycles. The molecule has 6 aromatic rings. The minimum atomic E-state index is -3.00. The van der Waals surface area contributed by atoms with Crippen LogP contribution in [-0.4, -0.2) is 56.5 Å². The smallest absolute Gasteiger partial charge is 0.224 e. The molecule has 0 saturated carbocycles. The topological polar surface area (TPSA) is 149 Å². The molecule has 0 aliphatic heterocycles. The van der Waals surface area contributed by atoms with Gasteiger partial charge in [0, 0.05) is 47.6 Å². The van der Waals surface area contributed by atoms with Gasteiger partial charge in [-0.3, -0.25) is 4.40 Å². The van der Waals surface area contributed by atoms with Gasteiger partial charge in [-0.05, 0) is 55.0 Å². The lowest BCUT2D eigenvalue weighted by Gasteiger charge is -2.12. The van der Waals surface area contributed by atoms with Gasteiger partial charge in [0.05, 0.1) is 17.5 Å². The van der Waals surface area contributed by atoms with Crippen molar-refractivity contribution in [1.29, 1.82) is 0 Å². The molecular weight excluding hydrogens is 544 g/mol. The number of ether oxygens (including phenoxy) is 1. The molecule has 4 heterocycles. The quantitative estimate of drug-likeness (QED) is 0.227. The first-order chi connectivity index (χ1) is 19.8. The zero-order valence-corrected chi connectivity index (χ0v) is 23.1. The molecule has 0 unspecified atom stereocenters. The highest BCUT2D eigenvalue weighted by molar-refractivity contribution is 7.90. The molecule has 0 aliphatic carbocycles. The number of fused-ring (bicyclic) bond motifs is 2. The van der Waals surface area contributed by atoms with E-state index in [4.69, 9.17) is 9.15 Å². The summed E-state index contributed by atoms with van der Waals surface area (Å²) in [5.74, 6) is 2.52. The molecule has 208 valence electrons. The first-order valence-corrected chi connectivity index (χ1v) is 14.8. The fourth-order valence-electron chi connectivity index (χ4n) is 4.28. The van der Waals surface area contributed by atoms with E-state index in [9.17, 15) is 8.42 Å². The van der Waals surface area contributed by atoms with Crippen molar-refractivity contribution in [3.8, 4) is 23.0 Å². The zero-order valence-electron chi connectivity index (χ0n) is 22.3. The molecule has 0 saturated heterocycles. The van der Waals surface area contributed by atoms with Gasteiger partial charge in [0.25, 0.3) is 0 Å². The van der Waals surface area contributed by atoms with Gasteiger partial charge in [-0.25, -0.2) is 23.4 Å². The van der Waals surface area contributed by atoms with Crippen LogP contribution in [0.2, 0.25) is 0 Å². The van der Waals surface area contributed by atoms with Crippen LogP contribution in [0.15, 0.2) is 78.2 Å². The molecule has 0 fully saturated rings. The molecule has 0 radical (unpaired) electrons. The van der Waals surface area contributed by atoms with Gasteiger partial charge in [-0.1, -0.05) is 0 Å². The van der Waals surface area contributed by atoms with E-state index in [1.165, 1.54) is 12.6 Å². The van der Waals surface area contributed by atoms with Crippen LogP contribution in [-0.2, 0) is 16.4 Å². The monoisotopic (exact) mass is 570 g/mol. The first kappa shape index (κ1) is 26.3. The van der Waals surface area contributed by atoms with Crippen LogP contribution in [0.5, 0.6) is 11.6 Å². The van der Waals surface area contributed by atoms with Crippen molar-refractivity contribution >= 4 is 37.9 Å². The SMILES string of the molecule is Cc1cc(Nc2ncnc3ccc(-c4cc(CNCCS(C)(=O)=O)co4)cc23)ccc1Oc1cc2nncn2cn1. The average molecular weight is 571 g/mol. The number of aromatic nitrogens is 6. The second kappa shape index (κ2) is 10.9. The van der Waals surface area contributed by atoms with Crippen LogP contribution in [0, 0.1) is 6.92 Å². The molecule has 6 rings (SSSR count). The fraction of sp³-hybridized carbons (Fsp3) is 0.179. The lowest BCUT2D eigenvalue weighted by Crippen LogP contribution is -2.21. The summed E-state index contributed by atoms with van der Waals surface area (Å²) in [5, 5.41) is 15.2. The Balaban J connectivity index is 1.18. The Labute approximate surface area is 235 Å². The number of rotatable bonds is 10. The van der Waals surface area contributed by atoms with Crippen molar-refractivity contribution in [3.63, 3.8) is 0 Å². The third-order valence-electron chi connectivity index (χ3n) is 6.37. The van der Waals surface area contributed by atoms with E-state index in [2.05, 4.69) is 35.8 Å². The lowest BCUT2D eigenvalue weighted by molar-refractivity contribution is 0.458. The summed E-state index contributed by atoms with van der Waals surface area (Å²) in [7, 11) is -3.00. The first-order valence-electron chi connectivity index (χ1n) is 12.7. The van der Waals surface area contributed by atoms with Gasteiger partial charge in [0.2, 0.25) is 5.88 Å². The van der Waals surface area contributed by atoms with E-state index >= 15 is 0 Å². The van der Waals surface area contributed by atoms with Crippen molar-refractivity contribution < 1.29 is 17.6 Å². The molecule has 0 aliphatic rings. The normalized spacial score (nSPS) is 11.8. The van der Waals surface area contributed by atoms with E-state index in [-0.39, 0.29) is 5.75 Å². The Kier molecular flexibility index (Phi) is 7.03. The highest BCUT2D eigenvalue weighted by Gasteiger charge is 2.12. The van der Waals surface area contributed by atoms with Crippen LogP contribution in [0.25, 0.3) is 27.9 Å². The maximum absolute atomic E-state index is 11.3. The number of hydrogen-bond acceptors (Lipinski definition) is 11. The maximum atomic E-state index is 11.3. The largest absolute Gasteiger partial charge is 0.464 e. The summed E-state index contributed by atoms with van der Waals surface area (Å²) < 4.78 is 36.1. The van der Waals surface area contributed by atoms with Crippen molar-refractivity contribution in [2.24, 2.45) is 0 Å². The van der Waals surface area contributed by atoms with Gasteiger partial charge >= 0.3 is 0 Å². The van der Waals surface area contributed by atoms with Crippen LogP contribution in [0.3, 0.4) is 0 Å². The van der Waals surface area contributed by atoms with Gasteiger partial charge in [0.15, 0.2) is 5.65 Å². The molecule has 13 heteroatoms. The van der Waals surface area contributed by atoms with Crippen LogP contribution < -0.4 is 15.4 Å². The molecule has 41 heavy (non-hydrogen) atoms. The molecular formula is C28H26N8O4S. The summed E-state index contributed by atoms with van der Waals surface area (Å²) in [6.45, 7) is 2.84. The van der Waals surface area contributed by atoms with Crippen LogP contribution in [0.1, 0.15) is 11.1 Å². The van der Waals surface area contributed by atoms with Gasteiger partial charge in [-0.15, -0.1) is 10.2 Å². The third kappa shape index (κ3) is 6.15. The Hall–Kier alpha value is -4.88. The minimum Gasteiger partial charge on any atom is -0.464 e. The van der Waals surface area contributed by atoms with Gasteiger partial charge in [-0.2, -0.15) is 0 Å². The number of furan rings is 1. The second-order valence-electron chi connectivity index (χ2n) is 9.61. The highest BCUT2D eigenvalue weighted by atomic mass is 32.2. The Bertz CT molecular complexity index is 1970. The fourth-order valence-corrected chi connectivity index (χ4v) is 4.79. The predicted octanol–water partition coefficient (Wildman–Crippen LogP) is 4.31. The summed E-state index contributed by atoms with van der Waals surface area (Å²) in [5.41, 5.74) is 4.97. The standard InChI is InChI=1S/C28H26N8O4S/c1-18-9-21(4-6-24(18)40-27-12-26-35-33-17-36(26)16-32-27)34-28-22-11-20(3-5-23(22)30-15-31-28)25-10-19(14-39-25)13-29-7-8-41(2,37)38/h3-6,9-12,14-17,29H,7-8,13H2,1-2H3,(H,30,31,34). The minimum absolute atomic E-state index is 0.0882. The van der Waals surface area contributed by atoms with Gasteiger partial charge < -0.3 is 19.8 Å². The predicted molar refractivity (Wildman–Crippen MR) is 154 cm³/mol. The highest BCUT2D eigenvalue weighted by Crippen LogP contribution is 2.32. The Morgan fingerprint density at radius 2 is 1.93 bits per heavy atom. The van der Waals surface area contributed by atoms with Gasteiger partial charge in [0.1, 0.15) is 46.1 Å². The summed E-state index contributed by atoms with van der Waals surface area (Å²) in [6.07, 6.45) is 7.59. The average Bonchev–Trinajstić information content (AvgIpc) is 3.62. The second-order valence-corrected chi connectivity index (χ2v) is 11.9. The van der Waals surface area contributed by atoms with Crippen molar-refractivity contribution in [3.05, 3.63) is 84.9 Å². The molecule has 0 bridgehead atoms. The van der Waals surface area contributed by atoms with Crippen molar-refractivity contribution in [2.45, 2.75) is 13.5 Å². The summed E-state index contributed by atoms with van der Waals surface area (Å²) in [6, 6.07) is 15.3. The van der Waals surface area contributed by atoms with Crippen molar-refractivity contribution in [2.75, 3.05) is 23.9 Å². The van der Waals surface area contributed by atoms with Crippen LogP contribution >= 0.6 is 0 Å². The van der Waals surface area contributed by atoms with E-state index in [0.717, 1.165) is 33.3 Å². The van der Waals surface area contributed by atoms with E-state index < -0.39 is 9.84 Å². The number of hydrogen-bond donors (Lipinski definition) is 2. The number of anilines is 2. The number of aryl methyl sites for hydroxylation is 1. The molecule has 12 nitrogen and oxygen atoms in total. The van der Waals surface area contributed by atoms with Crippen molar-refractivity contribution in [1.82, 2.24) is 34.9 Å². The molecule has 2 N–H and O–H groups in total. The van der Waals surface area contributed by atoms with Crippen LogP contribution in [0.4, 0.5) is 11.5 Å². The Morgan fingerprint density at radius 1 is 1.02 bits per heavy atom. The summed E-state index contributed by atoms with van der Waals surface area (Å²) >= 11 is 0. The molecule has 0 amide bonds. The third-order valence-corrected chi connectivity index (χ3v) is 7.31. The van der Waals surface area contributed by atoms with E-state index in [1.54, 1.807) is 29.4 Å². The number of benzene rings is 2. The number of nitrogens with one attached hydrogen (secondary N) is 2. The summed E-state index contributed by atoms with van der Waals surface area (Å²) in [4.78, 5) is 13.2. The molecule has 2 aromatic carbocycles. The zero-order chi connectivity index (χ0) is 28.4. The maximum Gasteiger partial charge on any atom is 0.224 e. The van der Waals surface area contributed by atoms with E-state index in [1.807, 2.05) is 49.4 Å². The molecule has 0 atom stereocenters. The lowest BCUT2D eigenvalue weighted by atomic mass is 10.1.